The van der Waals surface area contributed by atoms with E-state index >= 15 is 0 Å². The van der Waals surface area contributed by atoms with E-state index in [1.54, 1.807) is 0 Å². The summed E-state index contributed by atoms with van der Waals surface area (Å²) in [4.78, 5) is 10.3. The fourth-order valence-corrected chi connectivity index (χ4v) is 1.61. The molecular formula is C7H14N2O3. The van der Waals surface area contributed by atoms with Crippen LogP contribution in [0.1, 0.15) is 25.7 Å². The van der Waals surface area contributed by atoms with Crippen LogP contribution in [0.4, 0.5) is 4.79 Å². The van der Waals surface area contributed by atoms with E-state index in [2.05, 4.69) is 10.8 Å². The van der Waals surface area contributed by atoms with Gasteiger partial charge in [-0.1, -0.05) is 0 Å². The zero-order chi connectivity index (χ0) is 8.97. The highest BCUT2D eigenvalue weighted by Crippen LogP contribution is 2.17. The Hall–Kier alpha value is -0.810. The van der Waals surface area contributed by atoms with E-state index in [9.17, 15) is 4.79 Å². The summed E-state index contributed by atoms with van der Waals surface area (Å²) in [7, 11) is 0. The Morgan fingerprint density at radius 1 is 1.33 bits per heavy atom. The molecule has 0 aromatic carbocycles. The van der Waals surface area contributed by atoms with Crippen LogP contribution in [-0.4, -0.2) is 28.5 Å². The van der Waals surface area contributed by atoms with Crippen molar-refractivity contribution in [1.82, 2.24) is 10.8 Å². The van der Waals surface area contributed by atoms with E-state index in [0.29, 0.717) is 6.42 Å². The lowest BCUT2D eigenvalue weighted by atomic mass is 9.92. The lowest BCUT2D eigenvalue weighted by Crippen LogP contribution is -2.42. The minimum Gasteiger partial charge on any atom is -0.465 e. The molecule has 0 saturated heterocycles. The third-order valence-electron chi connectivity index (χ3n) is 2.18. The number of nitrogens with one attached hydrogen (secondary N) is 2. The Morgan fingerprint density at radius 3 is 2.58 bits per heavy atom. The Bertz CT molecular complexity index is 163. The average molecular weight is 174 g/mol. The molecule has 0 heterocycles. The Kier molecular flexibility index (Phi) is 3.31. The lowest BCUT2D eigenvalue weighted by Gasteiger charge is -2.27. The highest BCUT2D eigenvalue weighted by Gasteiger charge is 2.22. The molecule has 70 valence electrons. The third kappa shape index (κ3) is 2.67. The first-order valence-electron chi connectivity index (χ1n) is 4.11. The average Bonchev–Trinajstić information content (AvgIpc) is 2.03. The molecule has 0 aromatic heterocycles. The van der Waals surface area contributed by atoms with Gasteiger partial charge in [-0.15, -0.1) is 0 Å². The Morgan fingerprint density at radius 2 is 2.00 bits per heavy atom. The topological polar surface area (TPSA) is 81.6 Å². The second kappa shape index (κ2) is 4.27. The second-order valence-electron chi connectivity index (χ2n) is 3.14. The second-order valence-corrected chi connectivity index (χ2v) is 3.14. The molecule has 5 heteroatoms. The van der Waals surface area contributed by atoms with Gasteiger partial charge in [0.25, 0.3) is 0 Å². The van der Waals surface area contributed by atoms with Crippen LogP contribution in [0.3, 0.4) is 0 Å². The number of carboxylic acid groups (broad SMARTS) is 1. The summed E-state index contributed by atoms with van der Waals surface area (Å²) in [6, 6.07) is 0.0245. The minimum absolute atomic E-state index is 0.0131. The predicted octanol–water partition coefficient (Wildman–Crippen LogP) is 0.544. The van der Waals surface area contributed by atoms with E-state index in [-0.39, 0.29) is 12.1 Å². The first-order chi connectivity index (χ1) is 5.72. The van der Waals surface area contributed by atoms with Gasteiger partial charge in [0.15, 0.2) is 0 Å². The van der Waals surface area contributed by atoms with Gasteiger partial charge in [-0.2, -0.15) is 0 Å². The van der Waals surface area contributed by atoms with Crippen molar-refractivity contribution in [3.63, 3.8) is 0 Å². The van der Waals surface area contributed by atoms with Gasteiger partial charge in [-0.3, -0.25) is 0 Å². The van der Waals surface area contributed by atoms with Crippen LogP contribution in [-0.2, 0) is 0 Å². The Balaban J connectivity index is 2.30. The van der Waals surface area contributed by atoms with Gasteiger partial charge in [0.1, 0.15) is 0 Å². The molecule has 5 nitrogen and oxygen atoms in total. The summed E-state index contributed by atoms with van der Waals surface area (Å²) in [6.45, 7) is 0. The van der Waals surface area contributed by atoms with Crippen molar-refractivity contribution in [3.05, 3.63) is 0 Å². The smallest absolute Gasteiger partial charge is 0.404 e. The lowest BCUT2D eigenvalue weighted by molar-refractivity contribution is 0.0974. The van der Waals surface area contributed by atoms with Crippen LogP contribution < -0.4 is 10.8 Å². The molecule has 12 heavy (non-hydrogen) atoms. The number of hydrogen-bond acceptors (Lipinski definition) is 3. The third-order valence-corrected chi connectivity index (χ3v) is 2.18. The zero-order valence-corrected chi connectivity index (χ0v) is 6.79. The number of rotatable bonds is 2. The van der Waals surface area contributed by atoms with E-state index in [1.807, 2.05) is 0 Å². The molecule has 1 aliphatic carbocycles. The normalized spacial score (nSPS) is 29.8. The van der Waals surface area contributed by atoms with E-state index in [0.717, 1.165) is 19.3 Å². The van der Waals surface area contributed by atoms with Crippen LogP contribution in [0, 0.1) is 0 Å². The van der Waals surface area contributed by atoms with Gasteiger partial charge in [-0.05, 0) is 25.7 Å². The molecule has 0 aromatic rings. The summed E-state index contributed by atoms with van der Waals surface area (Å²) in [5, 5.41) is 19.5. The molecule has 0 spiro atoms. The quantitative estimate of drug-likeness (QED) is 0.461. The van der Waals surface area contributed by atoms with Crippen molar-refractivity contribution in [2.24, 2.45) is 0 Å². The van der Waals surface area contributed by atoms with Gasteiger partial charge in [0.2, 0.25) is 0 Å². The highest BCUT2D eigenvalue weighted by molar-refractivity contribution is 5.64. The van der Waals surface area contributed by atoms with Crippen LogP contribution in [0.15, 0.2) is 0 Å². The molecule has 1 amide bonds. The number of amides is 1. The van der Waals surface area contributed by atoms with E-state index < -0.39 is 6.09 Å². The molecule has 1 fully saturated rings. The molecule has 0 radical (unpaired) electrons. The van der Waals surface area contributed by atoms with Crippen molar-refractivity contribution in [2.45, 2.75) is 37.8 Å². The molecule has 2 atom stereocenters. The van der Waals surface area contributed by atoms with Crippen LogP contribution in [0.5, 0.6) is 0 Å². The van der Waals surface area contributed by atoms with E-state index in [1.165, 1.54) is 0 Å². The largest absolute Gasteiger partial charge is 0.465 e. The Labute approximate surface area is 70.7 Å². The zero-order valence-electron chi connectivity index (χ0n) is 6.79. The standard InChI is InChI=1S/C7H14N2O3/c10-7(11)8-5-2-1-3-6(4-5)9-12/h5-6,8-9,12H,1-4H2,(H,10,11). The summed E-state index contributed by atoms with van der Waals surface area (Å²) in [6.07, 6.45) is 2.41. The summed E-state index contributed by atoms with van der Waals surface area (Å²) >= 11 is 0. The summed E-state index contributed by atoms with van der Waals surface area (Å²) < 4.78 is 0. The highest BCUT2D eigenvalue weighted by atomic mass is 16.5. The van der Waals surface area contributed by atoms with Gasteiger partial charge < -0.3 is 15.6 Å². The maximum Gasteiger partial charge on any atom is 0.404 e. The number of hydroxylamine groups is 1. The molecule has 4 N–H and O–H groups in total. The molecule has 1 saturated carbocycles. The van der Waals surface area contributed by atoms with Crippen molar-refractivity contribution < 1.29 is 15.1 Å². The molecular weight excluding hydrogens is 160 g/mol. The molecule has 0 bridgehead atoms. The molecule has 0 aliphatic heterocycles. The fraction of sp³-hybridized carbons (Fsp3) is 0.857. The number of carbonyl (C=O) groups is 1. The monoisotopic (exact) mass is 174 g/mol. The predicted molar refractivity (Wildman–Crippen MR) is 42.1 cm³/mol. The van der Waals surface area contributed by atoms with Gasteiger partial charge >= 0.3 is 6.09 Å². The van der Waals surface area contributed by atoms with Crippen molar-refractivity contribution in [3.8, 4) is 0 Å². The van der Waals surface area contributed by atoms with Crippen molar-refractivity contribution >= 4 is 6.09 Å². The van der Waals surface area contributed by atoms with Crippen molar-refractivity contribution in [1.29, 1.82) is 0 Å². The number of hydrogen-bond donors (Lipinski definition) is 4. The van der Waals surface area contributed by atoms with Crippen LogP contribution in [0.2, 0.25) is 0 Å². The SMILES string of the molecule is O=C(O)NC1CCCC(NO)C1. The van der Waals surface area contributed by atoms with E-state index in [4.69, 9.17) is 10.3 Å². The fourth-order valence-electron chi connectivity index (χ4n) is 1.61. The molecule has 1 aliphatic rings. The van der Waals surface area contributed by atoms with Gasteiger partial charge in [0.05, 0.1) is 0 Å². The molecule has 2 unspecified atom stereocenters. The maximum atomic E-state index is 10.3. The first kappa shape index (κ1) is 9.28. The van der Waals surface area contributed by atoms with Crippen LogP contribution >= 0.6 is 0 Å². The minimum atomic E-state index is -0.987. The van der Waals surface area contributed by atoms with Gasteiger partial charge in [-0.25, -0.2) is 10.3 Å². The van der Waals surface area contributed by atoms with Crippen molar-refractivity contribution in [2.75, 3.05) is 0 Å². The molecule has 1 rings (SSSR count). The van der Waals surface area contributed by atoms with Gasteiger partial charge in [0, 0.05) is 12.1 Å². The summed E-state index contributed by atoms with van der Waals surface area (Å²) in [5.74, 6) is 0. The summed E-state index contributed by atoms with van der Waals surface area (Å²) in [5.41, 5.74) is 2.17. The maximum absolute atomic E-state index is 10.3. The first-order valence-corrected chi connectivity index (χ1v) is 4.11. The van der Waals surface area contributed by atoms with Crippen LogP contribution in [0.25, 0.3) is 0 Å².